The fourth-order valence-corrected chi connectivity index (χ4v) is 2.44. The van der Waals surface area contributed by atoms with E-state index >= 15 is 0 Å². The number of nitrogens with zero attached hydrogens (tertiary/aromatic N) is 4. The maximum absolute atomic E-state index is 11.9. The standard InChI is InChI=1S/C13H21N5O/c1-17(13(19)6-7-14)11-4-3-9-18(10-11)12-5-2-8-15-16-12/h2,5,8,11H,3-4,6-7,9-10,14H2,1H3. The number of amides is 1. The third-order valence-corrected chi connectivity index (χ3v) is 3.58. The van der Waals surface area contributed by atoms with E-state index in [4.69, 9.17) is 5.73 Å². The Morgan fingerprint density at radius 1 is 1.63 bits per heavy atom. The van der Waals surface area contributed by atoms with E-state index in [1.807, 2.05) is 24.1 Å². The molecule has 1 amide bonds. The van der Waals surface area contributed by atoms with Crippen LogP contribution in [0.5, 0.6) is 0 Å². The maximum atomic E-state index is 11.9. The Hall–Kier alpha value is -1.69. The van der Waals surface area contributed by atoms with Crippen molar-refractivity contribution in [2.75, 3.05) is 31.6 Å². The SMILES string of the molecule is CN(C(=O)CCN)C1CCCN(c2cccnn2)C1. The van der Waals surface area contributed by atoms with Crippen molar-refractivity contribution in [2.45, 2.75) is 25.3 Å². The molecule has 1 aromatic rings. The second-order valence-corrected chi connectivity index (χ2v) is 4.87. The molecule has 2 heterocycles. The van der Waals surface area contributed by atoms with Gasteiger partial charge < -0.3 is 15.5 Å². The highest BCUT2D eigenvalue weighted by Gasteiger charge is 2.26. The summed E-state index contributed by atoms with van der Waals surface area (Å²) in [7, 11) is 1.86. The molecule has 1 atom stereocenters. The first-order chi connectivity index (χ1) is 9.22. The van der Waals surface area contributed by atoms with E-state index in [0.717, 1.165) is 31.7 Å². The second kappa shape index (κ2) is 6.47. The zero-order valence-electron chi connectivity index (χ0n) is 11.3. The summed E-state index contributed by atoms with van der Waals surface area (Å²) < 4.78 is 0. The molecule has 6 heteroatoms. The van der Waals surface area contributed by atoms with Crippen LogP contribution in [-0.4, -0.2) is 53.7 Å². The van der Waals surface area contributed by atoms with Crippen molar-refractivity contribution < 1.29 is 4.79 Å². The van der Waals surface area contributed by atoms with Crippen molar-refractivity contribution in [3.63, 3.8) is 0 Å². The molecule has 0 aromatic carbocycles. The minimum Gasteiger partial charge on any atom is -0.353 e. The van der Waals surface area contributed by atoms with Crippen molar-refractivity contribution in [1.82, 2.24) is 15.1 Å². The van der Waals surface area contributed by atoms with Crippen LogP contribution < -0.4 is 10.6 Å². The Kier molecular flexibility index (Phi) is 4.68. The first-order valence-corrected chi connectivity index (χ1v) is 6.70. The zero-order chi connectivity index (χ0) is 13.7. The Bertz CT molecular complexity index is 411. The number of hydrogen-bond donors (Lipinski definition) is 1. The highest BCUT2D eigenvalue weighted by molar-refractivity contribution is 5.76. The topological polar surface area (TPSA) is 75.3 Å². The number of anilines is 1. The van der Waals surface area contributed by atoms with Gasteiger partial charge in [0.05, 0.1) is 0 Å². The van der Waals surface area contributed by atoms with Crippen LogP contribution in [-0.2, 0) is 4.79 Å². The van der Waals surface area contributed by atoms with Gasteiger partial charge in [0, 0.05) is 45.3 Å². The van der Waals surface area contributed by atoms with Gasteiger partial charge in [-0.15, -0.1) is 5.10 Å². The smallest absolute Gasteiger partial charge is 0.223 e. The normalized spacial score (nSPS) is 19.3. The minimum atomic E-state index is 0.119. The van der Waals surface area contributed by atoms with Crippen molar-refractivity contribution in [2.24, 2.45) is 5.73 Å². The molecule has 1 unspecified atom stereocenters. The molecule has 0 aliphatic carbocycles. The average Bonchev–Trinajstić information content (AvgIpc) is 2.48. The summed E-state index contributed by atoms with van der Waals surface area (Å²) in [6.45, 7) is 2.18. The summed E-state index contributed by atoms with van der Waals surface area (Å²) in [5, 5.41) is 8.04. The number of carbonyl (C=O) groups is 1. The van der Waals surface area contributed by atoms with Crippen LogP contribution >= 0.6 is 0 Å². The third-order valence-electron chi connectivity index (χ3n) is 3.58. The van der Waals surface area contributed by atoms with Gasteiger partial charge in [0.25, 0.3) is 0 Å². The monoisotopic (exact) mass is 263 g/mol. The van der Waals surface area contributed by atoms with Gasteiger partial charge in [0.2, 0.25) is 5.91 Å². The lowest BCUT2D eigenvalue weighted by atomic mass is 10.0. The number of nitrogens with two attached hydrogens (primary N) is 1. The Labute approximate surface area is 113 Å². The summed E-state index contributed by atoms with van der Waals surface area (Å²) in [6, 6.07) is 4.07. The molecule has 0 saturated carbocycles. The molecule has 2 rings (SSSR count). The van der Waals surface area contributed by atoms with E-state index in [9.17, 15) is 4.79 Å². The lowest BCUT2D eigenvalue weighted by Crippen LogP contribution is -2.49. The van der Waals surface area contributed by atoms with Crippen LogP contribution in [0.2, 0.25) is 0 Å². The van der Waals surface area contributed by atoms with Crippen LogP contribution in [0.15, 0.2) is 18.3 Å². The van der Waals surface area contributed by atoms with E-state index in [2.05, 4.69) is 15.1 Å². The van der Waals surface area contributed by atoms with Gasteiger partial charge in [-0.25, -0.2) is 0 Å². The molecule has 0 spiro atoms. The van der Waals surface area contributed by atoms with Gasteiger partial charge in [-0.2, -0.15) is 5.10 Å². The lowest BCUT2D eigenvalue weighted by Gasteiger charge is -2.38. The van der Waals surface area contributed by atoms with E-state index in [1.54, 1.807) is 6.20 Å². The quantitative estimate of drug-likeness (QED) is 0.843. The molecule has 2 N–H and O–H groups in total. The molecule has 0 radical (unpaired) electrons. The Morgan fingerprint density at radius 2 is 2.47 bits per heavy atom. The van der Waals surface area contributed by atoms with Crippen LogP contribution in [0, 0.1) is 0 Å². The molecular formula is C13H21N5O. The minimum absolute atomic E-state index is 0.119. The highest BCUT2D eigenvalue weighted by atomic mass is 16.2. The number of carbonyl (C=O) groups excluding carboxylic acids is 1. The van der Waals surface area contributed by atoms with E-state index < -0.39 is 0 Å². The summed E-state index contributed by atoms with van der Waals surface area (Å²) in [5.74, 6) is 1.00. The predicted octanol–water partition coefficient (Wildman–Crippen LogP) is 0.253. The predicted molar refractivity (Wildman–Crippen MR) is 73.7 cm³/mol. The number of hydrogen-bond acceptors (Lipinski definition) is 5. The number of likely N-dealkylation sites (N-methyl/N-ethyl adjacent to an activating group) is 1. The molecule has 1 fully saturated rings. The highest BCUT2D eigenvalue weighted by Crippen LogP contribution is 2.19. The van der Waals surface area contributed by atoms with Crippen LogP contribution in [0.1, 0.15) is 19.3 Å². The summed E-state index contributed by atoms with van der Waals surface area (Å²) >= 11 is 0. The third kappa shape index (κ3) is 3.41. The molecule has 1 aliphatic rings. The number of aromatic nitrogens is 2. The van der Waals surface area contributed by atoms with Gasteiger partial charge >= 0.3 is 0 Å². The van der Waals surface area contributed by atoms with Gasteiger partial charge in [0.1, 0.15) is 0 Å². The molecular weight excluding hydrogens is 242 g/mol. The van der Waals surface area contributed by atoms with Gasteiger partial charge in [-0.05, 0) is 25.0 Å². The first kappa shape index (κ1) is 13.7. The average molecular weight is 263 g/mol. The van der Waals surface area contributed by atoms with Crippen molar-refractivity contribution in [3.05, 3.63) is 18.3 Å². The van der Waals surface area contributed by atoms with Gasteiger partial charge in [0.15, 0.2) is 5.82 Å². The summed E-state index contributed by atoms with van der Waals surface area (Å²) in [4.78, 5) is 15.9. The van der Waals surface area contributed by atoms with E-state index in [-0.39, 0.29) is 11.9 Å². The maximum Gasteiger partial charge on any atom is 0.223 e. The van der Waals surface area contributed by atoms with Crippen molar-refractivity contribution in [1.29, 1.82) is 0 Å². The number of rotatable bonds is 4. The van der Waals surface area contributed by atoms with E-state index in [0.29, 0.717) is 13.0 Å². The molecule has 1 saturated heterocycles. The Balaban J connectivity index is 1.99. The lowest BCUT2D eigenvalue weighted by molar-refractivity contribution is -0.131. The zero-order valence-corrected chi connectivity index (χ0v) is 11.3. The molecule has 1 aromatic heterocycles. The van der Waals surface area contributed by atoms with Crippen LogP contribution in [0.3, 0.4) is 0 Å². The second-order valence-electron chi connectivity index (χ2n) is 4.87. The molecule has 0 bridgehead atoms. The van der Waals surface area contributed by atoms with E-state index in [1.165, 1.54) is 0 Å². The fraction of sp³-hybridized carbons (Fsp3) is 0.615. The van der Waals surface area contributed by atoms with Gasteiger partial charge in [-0.3, -0.25) is 4.79 Å². The molecule has 19 heavy (non-hydrogen) atoms. The van der Waals surface area contributed by atoms with Crippen LogP contribution in [0.25, 0.3) is 0 Å². The molecule has 6 nitrogen and oxygen atoms in total. The fourth-order valence-electron chi connectivity index (χ4n) is 2.44. The van der Waals surface area contributed by atoms with Crippen molar-refractivity contribution in [3.8, 4) is 0 Å². The number of piperidine rings is 1. The largest absolute Gasteiger partial charge is 0.353 e. The van der Waals surface area contributed by atoms with Gasteiger partial charge in [-0.1, -0.05) is 0 Å². The first-order valence-electron chi connectivity index (χ1n) is 6.70. The van der Waals surface area contributed by atoms with Crippen LogP contribution in [0.4, 0.5) is 5.82 Å². The van der Waals surface area contributed by atoms with Crippen molar-refractivity contribution >= 4 is 11.7 Å². The summed E-state index contributed by atoms with van der Waals surface area (Å²) in [5.41, 5.74) is 5.44. The Morgan fingerprint density at radius 3 is 3.16 bits per heavy atom. The molecule has 104 valence electrons. The molecule has 1 aliphatic heterocycles. The summed E-state index contributed by atoms with van der Waals surface area (Å²) in [6.07, 6.45) is 4.17.